The van der Waals surface area contributed by atoms with Gasteiger partial charge >= 0.3 is 15.3 Å². The van der Waals surface area contributed by atoms with E-state index in [0.29, 0.717) is 18.4 Å². The summed E-state index contributed by atoms with van der Waals surface area (Å²) in [5, 5.41) is 1.65. The predicted octanol–water partition coefficient (Wildman–Crippen LogP) is 2.74. The Balaban J connectivity index is 3.05. The first kappa shape index (κ1) is 15.3. The molecule has 0 spiro atoms. The van der Waals surface area contributed by atoms with E-state index in [0.717, 1.165) is 11.3 Å². The second-order valence-electron chi connectivity index (χ2n) is 3.39. The summed E-state index contributed by atoms with van der Waals surface area (Å²) in [4.78, 5) is 11.8. The topological polar surface area (TPSA) is 69.7 Å². The second-order valence-corrected chi connectivity index (χ2v) is 6.35. The van der Waals surface area contributed by atoms with Gasteiger partial charge in [-0.1, -0.05) is 13.8 Å². The molecule has 0 aliphatic rings. The first-order valence-corrected chi connectivity index (χ1v) is 8.42. The minimum atomic E-state index is -4.19. The highest BCUT2D eigenvalue weighted by molar-refractivity contribution is 8.10. The number of thiophene rings is 1. The molecule has 0 fully saturated rings. The summed E-state index contributed by atoms with van der Waals surface area (Å²) in [5.41, 5.74) is 0.604. The Morgan fingerprint density at radius 1 is 1.44 bits per heavy atom. The van der Waals surface area contributed by atoms with Crippen LogP contribution in [0.15, 0.2) is 5.38 Å². The molecular weight excluding hydrogens is 300 g/mol. The molecule has 1 rings (SSSR count). The third kappa shape index (κ3) is 4.15. The molecule has 0 atom stereocenters. The lowest BCUT2D eigenvalue weighted by molar-refractivity contribution is 0.0509. The molecule has 0 N–H and O–H groups in total. The van der Waals surface area contributed by atoms with E-state index in [2.05, 4.69) is 4.18 Å². The molecule has 5 nitrogen and oxygen atoms in total. The van der Waals surface area contributed by atoms with E-state index >= 15 is 0 Å². The molecule has 0 aliphatic heterocycles. The Bertz CT molecular complexity index is 520. The van der Waals surface area contributed by atoms with Crippen LogP contribution < -0.4 is 4.18 Å². The van der Waals surface area contributed by atoms with Crippen molar-refractivity contribution in [3.63, 3.8) is 0 Å². The molecule has 0 radical (unpaired) electrons. The van der Waals surface area contributed by atoms with Gasteiger partial charge in [0.15, 0.2) is 10.6 Å². The SMILES string of the molecule is CCCOC(=O)c1scc(CC)c1OS(=O)(=O)Cl. The average Bonchev–Trinajstić information content (AvgIpc) is 2.66. The number of halogens is 1. The molecule has 0 amide bonds. The van der Waals surface area contributed by atoms with Gasteiger partial charge in [0.2, 0.25) is 0 Å². The molecule has 8 heteroatoms. The number of rotatable bonds is 6. The van der Waals surface area contributed by atoms with Gasteiger partial charge < -0.3 is 8.92 Å². The molecule has 0 bridgehead atoms. The first-order chi connectivity index (χ1) is 8.39. The molecule has 102 valence electrons. The Morgan fingerprint density at radius 2 is 2.11 bits per heavy atom. The maximum absolute atomic E-state index is 11.7. The fourth-order valence-corrected chi connectivity index (χ4v) is 2.82. The van der Waals surface area contributed by atoms with Crippen molar-refractivity contribution >= 4 is 37.3 Å². The van der Waals surface area contributed by atoms with Crippen molar-refractivity contribution in [2.24, 2.45) is 0 Å². The summed E-state index contributed by atoms with van der Waals surface area (Å²) < 4.78 is 31.5. The van der Waals surface area contributed by atoms with Crippen LogP contribution in [0.1, 0.15) is 35.5 Å². The summed E-state index contributed by atoms with van der Waals surface area (Å²) in [6.45, 7) is 3.95. The Kier molecular flexibility index (Phi) is 5.43. The van der Waals surface area contributed by atoms with Crippen LogP contribution in [-0.2, 0) is 20.5 Å². The number of ether oxygens (including phenoxy) is 1. The van der Waals surface area contributed by atoms with Crippen molar-refractivity contribution in [2.75, 3.05) is 6.61 Å². The van der Waals surface area contributed by atoms with Crippen LogP contribution in [0.3, 0.4) is 0 Å². The average molecular weight is 313 g/mol. The Morgan fingerprint density at radius 3 is 2.61 bits per heavy atom. The lowest BCUT2D eigenvalue weighted by Crippen LogP contribution is -2.08. The van der Waals surface area contributed by atoms with Crippen LogP contribution in [0.2, 0.25) is 0 Å². The molecule has 1 aromatic heterocycles. The van der Waals surface area contributed by atoms with Crippen molar-refractivity contribution < 1.29 is 22.1 Å². The third-order valence-corrected chi connectivity index (χ3v) is 3.55. The molecule has 1 aromatic rings. The summed E-state index contributed by atoms with van der Waals surface area (Å²) >= 11 is 1.08. The zero-order valence-corrected chi connectivity index (χ0v) is 12.3. The van der Waals surface area contributed by atoms with Crippen LogP contribution in [0.5, 0.6) is 5.75 Å². The summed E-state index contributed by atoms with van der Waals surface area (Å²) in [5.74, 6) is -0.629. The number of carbonyl (C=O) groups excluding carboxylic acids is 1. The van der Waals surface area contributed by atoms with Crippen LogP contribution in [-0.4, -0.2) is 21.0 Å². The minimum Gasteiger partial charge on any atom is -0.461 e. The second kappa shape index (κ2) is 6.40. The number of esters is 1. The van der Waals surface area contributed by atoms with Crippen LogP contribution in [0, 0.1) is 0 Å². The van der Waals surface area contributed by atoms with Gasteiger partial charge in [-0.2, -0.15) is 8.42 Å². The van der Waals surface area contributed by atoms with Crippen molar-refractivity contribution in [1.29, 1.82) is 0 Å². The van der Waals surface area contributed by atoms with Gasteiger partial charge in [-0.3, -0.25) is 0 Å². The third-order valence-electron chi connectivity index (χ3n) is 2.00. The van der Waals surface area contributed by atoms with E-state index in [9.17, 15) is 13.2 Å². The van der Waals surface area contributed by atoms with Crippen molar-refractivity contribution in [2.45, 2.75) is 26.7 Å². The monoisotopic (exact) mass is 312 g/mol. The van der Waals surface area contributed by atoms with E-state index in [4.69, 9.17) is 15.4 Å². The van der Waals surface area contributed by atoms with Gasteiger partial charge in [0.1, 0.15) is 0 Å². The molecule has 0 unspecified atom stereocenters. The summed E-state index contributed by atoms with van der Waals surface area (Å²) in [6, 6.07) is 0. The number of hydrogen-bond acceptors (Lipinski definition) is 6. The van der Waals surface area contributed by atoms with E-state index in [-0.39, 0.29) is 17.2 Å². The van der Waals surface area contributed by atoms with Gasteiger partial charge in [0.05, 0.1) is 17.3 Å². The smallest absolute Gasteiger partial charge is 0.401 e. The van der Waals surface area contributed by atoms with Crippen LogP contribution >= 0.6 is 22.0 Å². The maximum Gasteiger partial charge on any atom is 0.401 e. The first-order valence-electron chi connectivity index (χ1n) is 5.30. The normalized spacial score (nSPS) is 11.3. The molecule has 0 saturated heterocycles. The van der Waals surface area contributed by atoms with Gasteiger partial charge in [0.25, 0.3) is 0 Å². The lowest BCUT2D eigenvalue weighted by atomic mass is 10.2. The van der Waals surface area contributed by atoms with Crippen molar-refractivity contribution in [3.05, 3.63) is 15.8 Å². The molecule has 0 aromatic carbocycles. The van der Waals surface area contributed by atoms with E-state index in [1.807, 2.05) is 13.8 Å². The summed E-state index contributed by atoms with van der Waals surface area (Å²) in [7, 11) is 0.852. The number of aryl methyl sites for hydroxylation is 1. The predicted molar refractivity (Wildman–Crippen MR) is 69.7 cm³/mol. The van der Waals surface area contributed by atoms with E-state index < -0.39 is 15.3 Å². The van der Waals surface area contributed by atoms with E-state index in [1.165, 1.54) is 0 Å². The Labute approximate surface area is 114 Å². The molecule has 18 heavy (non-hydrogen) atoms. The maximum atomic E-state index is 11.7. The zero-order valence-electron chi connectivity index (χ0n) is 9.93. The fourth-order valence-electron chi connectivity index (χ4n) is 1.22. The molecule has 0 saturated carbocycles. The summed E-state index contributed by atoms with van der Waals surface area (Å²) in [6.07, 6.45) is 1.21. The highest BCUT2D eigenvalue weighted by atomic mass is 35.7. The quantitative estimate of drug-likeness (QED) is 0.596. The zero-order chi connectivity index (χ0) is 13.8. The molecule has 0 aliphatic carbocycles. The Hall–Kier alpha value is -0.790. The highest BCUT2D eigenvalue weighted by Gasteiger charge is 2.23. The molecule has 1 heterocycles. The van der Waals surface area contributed by atoms with Gasteiger partial charge in [-0.15, -0.1) is 11.3 Å². The number of hydrogen-bond donors (Lipinski definition) is 0. The van der Waals surface area contributed by atoms with Gasteiger partial charge in [-0.25, -0.2) is 4.79 Å². The number of carbonyl (C=O) groups is 1. The van der Waals surface area contributed by atoms with E-state index in [1.54, 1.807) is 5.38 Å². The standard InChI is InChI=1S/C10H13ClO5S2/c1-3-5-15-10(12)9-8(16-18(11,13)14)7(4-2)6-17-9/h6H,3-5H2,1-2H3. The van der Waals surface area contributed by atoms with Crippen LogP contribution in [0.4, 0.5) is 0 Å². The minimum absolute atomic E-state index is 0.0291. The molecular formula is C10H13ClO5S2. The van der Waals surface area contributed by atoms with Gasteiger partial charge in [0, 0.05) is 5.56 Å². The lowest BCUT2D eigenvalue weighted by Gasteiger charge is -2.05. The highest BCUT2D eigenvalue weighted by Crippen LogP contribution is 2.33. The van der Waals surface area contributed by atoms with Crippen molar-refractivity contribution in [3.8, 4) is 5.75 Å². The fraction of sp³-hybridized carbons (Fsp3) is 0.500. The van der Waals surface area contributed by atoms with Crippen molar-refractivity contribution in [1.82, 2.24) is 0 Å². The van der Waals surface area contributed by atoms with Gasteiger partial charge in [-0.05, 0) is 18.2 Å². The van der Waals surface area contributed by atoms with Crippen LogP contribution in [0.25, 0.3) is 0 Å². The largest absolute Gasteiger partial charge is 0.461 e.